The molecule has 19 heavy (non-hydrogen) atoms. The van der Waals surface area contributed by atoms with Gasteiger partial charge in [0.25, 0.3) is 0 Å². The van der Waals surface area contributed by atoms with Crippen molar-refractivity contribution in [1.82, 2.24) is 4.98 Å². The van der Waals surface area contributed by atoms with Gasteiger partial charge in [-0.3, -0.25) is 4.98 Å². The molecule has 1 aromatic heterocycles. The number of hydrogen-bond acceptors (Lipinski definition) is 3. The Labute approximate surface area is 107 Å². The third kappa shape index (κ3) is 3.61. The molecular weight excluding hydrogens is 257 g/mol. The molecule has 0 spiro atoms. The lowest BCUT2D eigenvalue weighted by atomic mass is 10.2. The summed E-state index contributed by atoms with van der Waals surface area (Å²) in [7, 11) is 0. The summed E-state index contributed by atoms with van der Waals surface area (Å²) >= 11 is 0. The van der Waals surface area contributed by atoms with Crippen LogP contribution in [0.15, 0.2) is 42.7 Å². The van der Waals surface area contributed by atoms with Crippen LogP contribution in [0.4, 0.5) is 18.9 Å². The maximum Gasteiger partial charge on any atom is 0.416 e. The minimum absolute atomic E-state index is 0.198. The molecule has 0 aliphatic carbocycles. The topological polar surface area (TPSA) is 48.1 Å². The van der Waals surface area contributed by atoms with Crippen LogP contribution in [-0.4, -0.2) is 4.98 Å². The summed E-state index contributed by atoms with van der Waals surface area (Å²) < 4.78 is 42.4. The fourth-order valence-corrected chi connectivity index (χ4v) is 1.49. The van der Waals surface area contributed by atoms with Crippen molar-refractivity contribution in [3.8, 4) is 5.75 Å². The van der Waals surface area contributed by atoms with E-state index in [2.05, 4.69) is 4.98 Å². The summed E-state index contributed by atoms with van der Waals surface area (Å²) in [5.74, 6) is 0.357. The highest BCUT2D eigenvalue weighted by molar-refractivity contribution is 5.37. The number of aromatic nitrogens is 1. The Bertz CT molecular complexity index is 553. The van der Waals surface area contributed by atoms with Gasteiger partial charge in [0.15, 0.2) is 0 Å². The van der Waals surface area contributed by atoms with Gasteiger partial charge in [0.2, 0.25) is 0 Å². The Morgan fingerprint density at radius 2 is 1.79 bits per heavy atom. The molecule has 3 nitrogen and oxygen atoms in total. The summed E-state index contributed by atoms with van der Waals surface area (Å²) in [4.78, 5) is 3.89. The first kappa shape index (κ1) is 13.2. The molecule has 0 radical (unpaired) electrons. The number of alkyl halides is 3. The van der Waals surface area contributed by atoms with Crippen LogP contribution in [0.1, 0.15) is 11.1 Å². The lowest BCUT2D eigenvalue weighted by Gasteiger charge is -2.09. The first-order valence-corrected chi connectivity index (χ1v) is 5.44. The number of ether oxygens (including phenoxy) is 1. The summed E-state index contributed by atoms with van der Waals surface area (Å²) in [6, 6.07) is 6.21. The zero-order valence-electron chi connectivity index (χ0n) is 9.82. The highest BCUT2D eigenvalue weighted by Crippen LogP contribution is 2.30. The van der Waals surface area contributed by atoms with Gasteiger partial charge in [-0.15, -0.1) is 0 Å². The summed E-state index contributed by atoms with van der Waals surface area (Å²) in [5.41, 5.74) is 6.11. The number of nitrogens with zero attached hydrogens (tertiary/aromatic N) is 1. The smallest absolute Gasteiger partial charge is 0.416 e. The van der Waals surface area contributed by atoms with Crippen molar-refractivity contribution in [2.75, 3.05) is 5.73 Å². The summed E-state index contributed by atoms with van der Waals surface area (Å²) in [5, 5.41) is 0. The number of nitrogens with two attached hydrogens (primary N) is 1. The molecule has 0 fully saturated rings. The fraction of sp³-hybridized carbons (Fsp3) is 0.154. The molecule has 6 heteroatoms. The van der Waals surface area contributed by atoms with E-state index >= 15 is 0 Å². The third-order valence-corrected chi connectivity index (χ3v) is 2.40. The summed E-state index contributed by atoms with van der Waals surface area (Å²) in [6.45, 7) is 0.198. The van der Waals surface area contributed by atoms with Gasteiger partial charge in [-0.1, -0.05) is 0 Å². The Morgan fingerprint density at radius 1 is 1.11 bits per heavy atom. The van der Waals surface area contributed by atoms with E-state index in [1.807, 2.05) is 0 Å². The Kier molecular flexibility index (Phi) is 3.59. The van der Waals surface area contributed by atoms with Gasteiger partial charge in [0, 0.05) is 18.0 Å². The first-order valence-electron chi connectivity index (χ1n) is 5.44. The zero-order valence-corrected chi connectivity index (χ0v) is 9.82. The van der Waals surface area contributed by atoms with Crippen LogP contribution in [0, 0.1) is 0 Å². The molecule has 2 rings (SSSR count). The number of anilines is 1. The second kappa shape index (κ2) is 5.17. The first-order chi connectivity index (χ1) is 8.95. The quantitative estimate of drug-likeness (QED) is 0.929. The minimum Gasteiger partial charge on any atom is -0.489 e. The number of halogens is 3. The van der Waals surface area contributed by atoms with Crippen LogP contribution in [0.25, 0.3) is 0 Å². The van der Waals surface area contributed by atoms with Gasteiger partial charge in [-0.25, -0.2) is 0 Å². The predicted octanol–water partition coefficient (Wildman–Crippen LogP) is 3.26. The molecule has 0 bridgehead atoms. The van der Waals surface area contributed by atoms with E-state index in [-0.39, 0.29) is 6.61 Å². The standard InChI is InChI=1S/C13H11F3N2O/c14-13(15,16)10-1-3-12(4-2-10)19-8-9-5-11(17)7-18-6-9/h1-7H,8,17H2. The average molecular weight is 268 g/mol. The van der Waals surface area contributed by atoms with Crippen LogP contribution >= 0.6 is 0 Å². The van der Waals surface area contributed by atoms with Crippen molar-refractivity contribution in [3.05, 3.63) is 53.9 Å². The summed E-state index contributed by atoms with van der Waals surface area (Å²) in [6.07, 6.45) is -1.25. The van der Waals surface area contributed by atoms with Gasteiger partial charge in [0.1, 0.15) is 12.4 Å². The lowest BCUT2D eigenvalue weighted by molar-refractivity contribution is -0.137. The normalized spacial score (nSPS) is 11.3. The van der Waals surface area contributed by atoms with E-state index in [4.69, 9.17) is 10.5 Å². The van der Waals surface area contributed by atoms with Crippen molar-refractivity contribution >= 4 is 5.69 Å². The van der Waals surface area contributed by atoms with Gasteiger partial charge in [0.05, 0.1) is 11.3 Å². The molecule has 0 amide bonds. The monoisotopic (exact) mass is 268 g/mol. The van der Waals surface area contributed by atoms with E-state index < -0.39 is 11.7 Å². The van der Waals surface area contributed by atoms with Crippen LogP contribution in [-0.2, 0) is 12.8 Å². The maximum atomic E-state index is 12.4. The van der Waals surface area contributed by atoms with Crippen LogP contribution < -0.4 is 10.5 Å². The second-order valence-electron chi connectivity index (χ2n) is 3.94. The van der Waals surface area contributed by atoms with Gasteiger partial charge >= 0.3 is 6.18 Å². The van der Waals surface area contributed by atoms with Crippen LogP contribution in [0.3, 0.4) is 0 Å². The maximum absolute atomic E-state index is 12.4. The molecule has 0 saturated carbocycles. The minimum atomic E-state index is -4.34. The van der Waals surface area contributed by atoms with Gasteiger partial charge in [-0.05, 0) is 30.3 Å². The van der Waals surface area contributed by atoms with Crippen molar-refractivity contribution in [1.29, 1.82) is 0 Å². The molecule has 0 atom stereocenters. The second-order valence-corrected chi connectivity index (χ2v) is 3.94. The van der Waals surface area contributed by atoms with Crippen molar-refractivity contribution in [3.63, 3.8) is 0 Å². The lowest BCUT2D eigenvalue weighted by Crippen LogP contribution is -2.04. The number of hydrogen-bond donors (Lipinski definition) is 1. The fourth-order valence-electron chi connectivity index (χ4n) is 1.49. The molecule has 100 valence electrons. The Hall–Kier alpha value is -2.24. The number of pyridine rings is 1. The van der Waals surface area contributed by atoms with Crippen LogP contribution in [0.2, 0.25) is 0 Å². The third-order valence-electron chi connectivity index (χ3n) is 2.40. The van der Waals surface area contributed by atoms with E-state index in [9.17, 15) is 13.2 Å². The molecule has 2 N–H and O–H groups in total. The van der Waals surface area contributed by atoms with Gasteiger partial charge < -0.3 is 10.5 Å². The van der Waals surface area contributed by atoms with E-state index in [1.165, 1.54) is 18.3 Å². The van der Waals surface area contributed by atoms with Crippen molar-refractivity contribution in [2.45, 2.75) is 12.8 Å². The highest BCUT2D eigenvalue weighted by Gasteiger charge is 2.29. The number of rotatable bonds is 3. The highest BCUT2D eigenvalue weighted by atomic mass is 19.4. The predicted molar refractivity (Wildman–Crippen MR) is 64.4 cm³/mol. The number of benzene rings is 1. The molecular formula is C13H11F3N2O. The van der Waals surface area contributed by atoms with E-state index in [1.54, 1.807) is 12.3 Å². The molecule has 0 aliphatic rings. The van der Waals surface area contributed by atoms with Crippen molar-refractivity contribution in [2.24, 2.45) is 0 Å². The van der Waals surface area contributed by atoms with Gasteiger partial charge in [-0.2, -0.15) is 13.2 Å². The number of nitrogen functional groups attached to an aromatic ring is 1. The SMILES string of the molecule is Nc1cncc(COc2ccc(C(F)(F)F)cc2)c1. The molecule has 0 aliphatic heterocycles. The van der Waals surface area contributed by atoms with E-state index in [0.29, 0.717) is 11.4 Å². The molecule has 0 saturated heterocycles. The largest absolute Gasteiger partial charge is 0.489 e. The molecule has 1 aromatic carbocycles. The zero-order chi connectivity index (χ0) is 13.9. The molecule has 2 aromatic rings. The molecule has 1 heterocycles. The average Bonchev–Trinajstić information content (AvgIpc) is 2.36. The van der Waals surface area contributed by atoms with Crippen molar-refractivity contribution < 1.29 is 17.9 Å². The Morgan fingerprint density at radius 3 is 2.37 bits per heavy atom. The molecule has 0 unspecified atom stereocenters. The van der Waals surface area contributed by atoms with Crippen LogP contribution in [0.5, 0.6) is 5.75 Å². The Balaban J connectivity index is 2.01. The van der Waals surface area contributed by atoms with E-state index in [0.717, 1.165) is 17.7 Å².